The van der Waals surface area contributed by atoms with E-state index in [1.165, 1.54) is 0 Å². The Morgan fingerprint density at radius 1 is 1.06 bits per heavy atom. The van der Waals surface area contributed by atoms with Crippen LogP contribution in [0.25, 0.3) is 0 Å². The van der Waals surface area contributed by atoms with Gasteiger partial charge in [-0.1, -0.05) is 37.3 Å². The zero-order chi connectivity index (χ0) is 22.0. The van der Waals surface area contributed by atoms with Crippen LogP contribution in [-0.4, -0.2) is 41.7 Å². The highest BCUT2D eigenvalue weighted by atomic mass is 16.2. The van der Waals surface area contributed by atoms with E-state index in [1.54, 1.807) is 53.4 Å². The SMILES string of the molecule is CC[C@@]1(c2ccccc2)NC(=O)N(CC(=O)Nc2ccc(N3CCCC3=O)cc2)C1=O. The molecular formula is C23H24N4O4. The first-order chi connectivity index (χ1) is 14.9. The van der Waals surface area contributed by atoms with Gasteiger partial charge in [-0.05, 0) is 42.7 Å². The maximum Gasteiger partial charge on any atom is 0.325 e. The number of urea groups is 1. The lowest BCUT2D eigenvalue weighted by Gasteiger charge is -2.25. The van der Waals surface area contributed by atoms with Crippen molar-refractivity contribution in [3.8, 4) is 0 Å². The normalized spacial score (nSPS) is 20.9. The molecule has 0 aliphatic carbocycles. The largest absolute Gasteiger partial charge is 0.325 e. The first kappa shape index (κ1) is 20.6. The molecule has 2 fully saturated rings. The number of anilines is 2. The summed E-state index contributed by atoms with van der Waals surface area (Å²) in [5, 5.41) is 5.47. The Hall–Kier alpha value is -3.68. The Kier molecular flexibility index (Phi) is 5.46. The number of imide groups is 1. The molecule has 2 aliphatic rings. The number of hydrogen-bond donors (Lipinski definition) is 2. The molecular weight excluding hydrogens is 396 g/mol. The van der Waals surface area contributed by atoms with Gasteiger partial charge < -0.3 is 15.5 Å². The van der Waals surface area contributed by atoms with Gasteiger partial charge in [0.15, 0.2) is 0 Å². The summed E-state index contributed by atoms with van der Waals surface area (Å²) in [7, 11) is 0. The highest BCUT2D eigenvalue weighted by Crippen LogP contribution is 2.32. The van der Waals surface area contributed by atoms with Crippen molar-refractivity contribution >= 4 is 35.1 Å². The van der Waals surface area contributed by atoms with E-state index in [-0.39, 0.29) is 12.5 Å². The van der Waals surface area contributed by atoms with E-state index in [0.717, 1.165) is 17.0 Å². The van der Waals surface area contributed by atoms with Crippen LogP contribution < -0.4 is 15.5 Å². The Labute approximate surface area is 180 Å². The minimum Gasteiger partial charge on any atom is -0.325 e. The van der Waals surface area contributed by atoms with Gasteiger partial charge in [-0.2, -0.15) is 0 Å². The second kappa shape index (κ2) is 8.22. The monoisotopic (exact) mass is 420 g/mol. The van der Waals surface area contributed by atoms with Crippen LogP contribution in [0.5, 0.6) is 0 Å². The van der Waals surface area contributed by atoms with Gasteiger partial charge in [-0.3, -0.25) is 19.3 Å². The number of amides is 5. The van der Waals surface area contributed by atoms with E-state index in [0.29, 0.717) is 30.6 Å². The molecule has 2 aromatic rings. The topological polar surface area (TPSA) is 98.8 Å². The van der Waals surface area contributed by atoms with Crippen LogP contribution in [0.4, 0.5) is 16.2 Å². The van der Waals surface area contributed by atoms with Gasteiger partial charge in [0.2, 0.25) is 11.8 Å². The molecule has 2 saturated heterocycles. The average molecular weight is 420 g/mol. The third-order valence-electron chi connectivity index (χ3n) is 5.81. The van der Waals surface area contributed by atoms with Crippen LogP contribution in [0.3, 0.4) is 0 Å². The smallest absolute Gasteiger partial charge is 0.325 e. The van der Waals surface area contributed by atoms with Crippen molar-refractivity contribution in [2.75, 3.05) is 23.3 Å². The number of carbonyl (C=O) groups excluding carboxylic acids is 4. The second-order valence-corrected chi connectivity index (χ2v) is 7.69. The summed E-state index contributed by atoms with van der Waals surface area (Å²) < 4.78 is 0. The minimum absolute atomic E-state index is 0.0909. The Bertz CT molecular complexity index is 1020. The van der Waals surface area contributed by atoms with Crippen molar-refractivity contribution in [2.45, 2.75) is 31.7 Å². The predicted octanol–water partition coefficient (Wildman–Crippen LogP) is 2.61. The predicted molar refractivity (Wildman–Crippen MR) is 115 cm³/mol. The molecule has 8 heteroatoms. The van der Waals surface area contributed by atoms with Crippen LogP contribution in [0.2, 0.25) is 0 Å². The lowest BCUT2D eigenvalue weighted by atomic mass is 9.87. The van der Waals surface area contributed by atoms with E-state index in [4.69, 9.17) is 0 Å². The zero-order valence-corrected chi connectivity index (χ0v) is 17.3. The molecule has 0 saturated carbocycles. The molecule has 2 N–H and O–H groups in total. The zero-order valence-electron chi connectivity index (χ0n) is 17.3. The van der Waals surface area contributed by atoms with Crippen molar-refractivity contribution in [1.82, 2.24) is 10.2 Å². The maximum absolute atomic E-state index is 13.1. The van der Waals surface area contributed by atoms with Gasteiger partial charge in [0.1, 0.15) is 12.1 Å². The Morgan fingerprint density at radius 2 is 1.77 bits per heavy atom. The van der Waals surface area contributed by atoms with Gasteiger partial charge >= 0.3 is 6.03 Å². The number of benzene rings is 2. The molecule has 5 amide bonds. The first-order valence-electron chi connectivity index (χ1n) is 10.3. The van der Waals surface area contributed by atoms with E-state index in [2.05, 4.69) is 10.6 Å². The molecule has 1 atom stereocenters. The standard InChI is InChI=1S/C23H24N4O4/c1-2-23(16-7-4-3-5-8-16)21(30)27(22(31)25-23)15-19(28)24-17-10-12-18(13-11-17)26-14-6-9-20(26)29/h3-5,7-8,10-13H,2,6,9,14-15H2,1H3,(H,24,28)(H,25,31)/t23-/m0/s1. The summed E-state index contributed by atoms with van der Waals surface area (Å²) in [6, 6.07) is 15.4. The number of nitrogens with one attached hydrogen (secondary N) is 2. The maximum atomic E-state index is 13.1. The van der Waals surface area contributed by atoms with E-state index < -0.39 is 23.4 Å². The molecule has 0 radical (unpaired) electrons. The molecule has 31 heavy (non-hydrogen) atoms. The summed E-state index contributed by atoms with van der Waals surface area (Å²) in [5.74, 6) is -0.828. The lowest BCUT2D eigenvalue weighted by molar-refractivity contribution is -0.134. The van der Waals surface area contributed by atoms with E-state index in [9.17, 15) is 19.2 Å². The summed E-state index contributed by atoms with van der Waals surface area (Å²) in [4.78, 5) is 52.7. The van der Waals surface area contributed by atoms with Gasteiger partial charge in [0.25, 0.3) is 5.91 Å². The van der Waals surface area contributed by atoms with E-state index >= 15 is 0 Å². The van der Waals surface area contributed by atoms with Crippen molar-refractivity contribution in [3.63, 3.8) is 0 Å². The second-order valence-electron chi connectivity index (χ2n) is 7.69. The Balaban J connectivity index is 1.43. The summed E-state index contributed by atoms with van der Waals surface area (Å²) in [5.41, 5.74) is 0.830. The van der Waals surface area contributed by atoms with Crippen LogP contribution >= 0.6 is 0 Å². The molecule has 0 spiro atoms. The third kappa shape index (κ3) is 3.76. The molecule has 4 rings (SSSR count). The lowest BCUT2D eigenvalue weighted by Crippen LogP contribution is -2.44. The number of rotatable bonds is 6. The van der Waals surface area contributed by atoms with Gasteiger partial charge in [0, 0.05) is 24.3 Å². The molecule has 2 aromatic carbocycles. The van der Waals surface area contributed by atoms with Crippen LogP contribution in [0, 0.1) is 0 Å². The fourth-order valence-corrected chi connectivity index (χ4v) is 4.12. The molecule has 0 aromatic heterocycles. The fourth-order valence-electron chi connectivity index (χ4n) is 4.12. The fraction of sp³-hybridized carbons (Fsp3) is 0.304. The highest BCUT2D eigenvalue weighted by molar-refractivity contribution is 6.10. The van der Waals surface area contributed by atoms with Crippen LogP contribution in [0.1, 0.15) is 31.7 Å². The van der Waals surface area contributed by atoms with Gasteiger partial charge in [0.05, 0.1) is 0 Å². The number of nitrogens with zero attached hydrogens (tertiary/aromatic N) is 2. The number of carbonyl (C=O) groups is 4. The summed E-state index contributed by atoms with van der Waals surface area (Å²) >= 11 is 0. The molecule has 0 bridgehead atoms. The van der Waals surface area contributed by atoms with Crippen LogP contribution in [0.15, 0.2) is 54.6 Å². The van der Waals surface area contributed by atoms with Gasteiger partial charge in [-0.25, -0.2) is 4.79 Å². The number of hydrogen-bond acceptors (Lipinski definition) is 4. The van der Waals surface area contributed by atoms with Crippen molar-refractivity contribution in [2.24, 2.45) is 0 Å². The molecule has 0 unspecified atom stereocenters. The highest BCUT2D eigenvalue weighted by Gasteiger charge is 2.51. The quantitative estimate of drug-likeness (QED) is 0.702. The van der Waals surface area contributed by atoms with Crippen molar-refractivity contribution in [1.29, 1.82) is 0 Å². The Morgan fingerprint density at radius 3 is 2.39 bits per heavy atom. The average Bonchev–Trinajstić information content (AvgIpc) is 3.31. The van der Waals surface area contributed by atoms with Gasteiger partial charge in [-0.15, -0.1) is 0 Å². The third-order valence-corrected chi connectivity index (χ3v) is 5.81. The van der Waals surface area contributed by atoms with Crippen molar-refractivity contribution < 1.29 is 19.2 Å². The summed E-state index contributed by atoms with van der Waals surface area (Å²) in [6.07, 6.45) is 1.76. The minimum atomic E-state index is -1.16. The molecule has 2 heterocycles. The summed E-state index contributed by atoms with van der Waals surface area (Å²) in [6.45, 7) is 2.13. The first-order valence-corrected chi connectivity index (χ1v) is 10.3. The molecule has 2 aliphatic heterocycles. The van der Waals surface area contributed by atoms with Crippen LogP contribution in [-0.2, 0) is 19.9 Å². The van der Waals surface area contributed by atoms with Crippen molar-refractivity contribution in [3.05, 3.63) is 60.2 Å². The molecule has 8 nitrogen and oxygen atoms in total. The van der Waals surface area contributed by atoms with E-state index in [1.807, 2.05) is 13.0 Å². The molecule has 160 valence electrons.